The van der Waals surface area contributed by atoms with E-state index in [1.807, 2.05) is 44.2 Å². The van der Waals surface area contributed by atoms with E-state index < -0.39 is 5.97 Å². The van der Waals surface area contributed by atoms with Gasteiger partial charge in [0.25, 0.3) is 0 Å². The van der Waals surface area contributed by atoms with Crippen molar-refractivity contribution in [1.82, 2.24) is 9.97 Å². The summed E-state index contributed by atoms with van der Waals surface area (Å²) in [6, 6.07) is 9.46. The van der Waals surface area contributed by atoms with Gasteiger partial charge in [-0.25, -0.2) is 14.8 Å². The van der Waals surface area contributed by atoms with Crippen molar-refractivity contribution in [3.63, 3.8) is 0 Å². The molecule has 1 aromatic carbocycles. The average Bonchev–Trinajstić information content (AvgIpc) is 2.56. The van der Waals surface area contributed by atoms with Crippen LogP contribution in [0.4, 0.5) is 11.4 Å². The number of fused-ring (bicyclic) bond motifs is 1. The first-order valence-corrected chi connectivity index (χ1v) is 8.73. The maximum atomic E-state index is 12.6. The molecule has 3 aromatic rings. The van der Waals surface area contributed by atoms with Crippen LogP contribution in [-0.2, 0) is 4.74 Å². The fourth-order valence-corrected chi connectivity index (χ4v) is 2.88. The third-order valence-corrected chi connectivity index (χ3v) is 4.13. The Kier molecular flexibility index (Phi) is 5.09. The lowest BCUT2D eigenvalue weighted by atomic mass is 10.1. The minimum atomic E-state index is -0.444. The van der Waals surface area contributed by atoms with Crippen molar-refractivity contribution < 1.29 is 9.53 Å². The SMILES string of the molecule is Cc1ccc(Nc2c(C(=O)OC(C)C)cnc3nc(C)ccc23)c(Cl)c1. The second-order valence-corrected chi connectivity index (χ2v) is 6.84. The predicted molar refractivity (Wildman–Crippen MR) is 104 cm³/mol. The Bertz CT molecular complexity index is 986. The number of nitrogens with one attached hydrogen (secondary N) is 1. The molecule has 1 N–H and O–H groups in total. The van der Waals surface area contributed by atoms with Crippen LogP contribution in [0.2, 0.25) is 5.02 Å². The highest BCUT2D eigenvalue weighted by molar-refractivity contribution is 6.33. The molecule has 0 aliphatic heterocycles. The molecule has 0 saturated carbocycles. The van der Waals surface area contributed by atoms with Gasteiger partial charge in [-0.15, -0.1) is 0 Å². The predicted octanol–water partition coefficient (Wildman–Crippen LogP) is 5.21. The molecule has 0 aliphatic carbocycles. The number of rotatable bonds is 4. The van der Waals surface area contributed by atoms with E-state index in [0.29, 0.717) is 27.6 Å². The van der Waals surface area contributed by atoms with Gasteiger partial charge in [0.15, 0.2) is 5.65 Å². The Hall–Kier alpha value is -2.66. The Balaban J connectivity index is 2.16. The second-order valence-electron chi connectivity index (χ2n) is 6.43. The lowest BCUT2D eigenvalue weighted by molar-refractivity contribution is 0.0379. The first kappa shape index (κ1) is 18.1. The van der Waals surface area contributed by atoms with E-state index in [4.69, 9.17) is 16.3 Å². The van der Waals surface area contributed by atoms with E-state index in [-0.39, 0.29) is 6.10 Å². The standard InChI is InChI=1S/C20H20ClN3O2/c1-11(2)26-20(25)15-10-22-19-14(7-6-13(4)23-19)18(15)24-17-8-5-12(3)9-16(17)21/h5-11H,1-4H3,(H,22,23,24). The summed E-state index contributed by atoms with van der Waals surface area (Å²) in [5, 5.41) is 4.57. The number of aryl methyl sites for hydroxylation is 2. The summed E-state index contributed by atoms with van der Waals surface area (Å²) >= 11 is 6.36. The summed E-state index contributed by atoms with van der Waals surface area (Å²) in [5.74, 6) is -0.444. The number of carbonyl (C=O) groups is 1. The smallest absolute Gasteiger partial charge is 0.342 e. The highest BCUT2D eigenvalue weighted by Crippen LogP contribution is 2.32. The van der Waals surface area contributed by atoms with Crippen LogP contribution in [0.3, 0.4) is 0 Å². The van der Waals surface area contributed by atoms with Crippen LogP contribution >= 0.6 is 11.6 Å². The van der Waals surface area contributed by atoms with Gasteiger partial charge >= 0.3 is 5.97 Å². The lowest BCUT2D eigenvalue weighted by Crippen LogP contribution is -2.14. The summed E-state index contributed by atoms with van der Waals surface area (Å²) in [5.41, 5.74) is 4.08. The third-order valence-electron chi connectivity index (χ3n) is 3.82. The van der Waals surface area contributed by atoms with Gasteiger partial charge in [-0.05, 0) is 57.5 Å². The molecule has 3 rings (SSSR count). The Morgan fingerprint density at radius 3 is 2.65 bits per heavy atom. The molecule has 0 saturated heterocycles. The van der Waals surface area contributed by atoms with Gasteiger partial charge in [0.05, 0.1) is 22.5 Å². The monoisotopic (exact) mass is 369 g/mol. The van der Waals surface area contributed by atoms with Gasteiger partial charge in [-0.3, -0.25) is 0 Å². The Morgan fingerprint density at radius 2 is 1.96 bits per heavy atom. The zero-order chi connectivity index (χ0) is 18.8. The molecule has 0 amide bonds. The average molecular weight is 370 g/mol. The van der Waals surface area contributed by atoms with Gasteiger partial charge < -0.3 is 10.1 Å². The maximum absolute atomic E-state index is 12.6. The van der Waals surface area contributed by atoms with Crippen molar-refractivity contribution in [2.75, 3.05) is 5.32 Å². The largest absolute Gasteiger partial charge is 0.459 e. The molecule has 26 heavy (non-hydrogen) atoms. The van der Waals surface area contributed by atoms with Gasteiger partial charge in [0.2, 0.25) is 0 Å². The number of ether oxygens (including phenoxy) is 1. The van der Waals surface area contributed by atoms with E-state index in [2.05, 4.69) is 15.3 Å². The number of benzene rings is 1. The number of pyridine rings is 2. The first-order chi connectivity index (χ1) is 12.3. The molecule has 5 nitrogen and oxygen atoms in total. The lowest BCUT2D eigenvalue weighted by Gasteiger charge is -2.16. The summed E-state index contributed by atoms with van der Waals surface area (Å²) in [6.45, 7) is 7.48. The first-order valence-electron chi connectivity index (χ1n) is 8.35. The summed E-state index contributed by atoms with van der Waals surface area (Å²) in [6.07, 6.45) is 1.26. The Labute approximate surface area is 157 Å². The van der Waals surface area contributed by atoms with Gasteiger partial charge in [0, 0.05) is 17.3 Å². The number of nitrogens with zero attached hydrogens (tertiary/aromatic N) is 2. The molecule has 0 atom stereocenters. The van der Waals surface area contributed by atoms with Crippen molar-refractivity contribution in [1.29, 1.82) is 0 Å². The quantitative estimate of drug-likeness (QED) is 0.639. The van der Waals surface area contributed by atoms with E-state index in [9.17, 15) is 4.79 Å². The molecule has 0 fully saturated rings. The van der Waals surface area contributed by atoms with Gasteiger partial charge in [-0.2, -0.15) is 0 Å². The van der Waals surface area contributed by atoms with Crippen LogP contribution in [-0.4, -0.2) is 22.0 Å². The number of anilines is 2. The van der Waals surface area contributed by atoms with Crippen molar-refractivity contribution >= 4 is 40.0 Å². The van der Waals surface area contributed by atoms with Crippen molar-refractivity contribution in [3.8, 4) is 0 Å². The number of halogens is 1. The van der Waals surface area contributed by atoms with E-state index >= 15 is 0 Å². The normalized spacial score (nSPS) is 11.0. The third kappa shape index (κ3) is 3.78. The van der Waals surface area contributed by atoms with Crippen molar-refractivity contribution in [3.05, 3.63) is 58.4 Å². The van der Waals surface area contributed by atoms with E-state index in [1.54, 1.807) is 13.8 Å². The number of hydrogen-bond acceptors (Lipinski definition) is 5. The zero-order valence-corrected chi connectivity index (χ0v) is 15.9. The van der Waals surface area contributed by atoms with Crippen LogP contribution in [0.25, 0.3) is 11.0 Å². The van der Waals surface area contributed by atoms with Crippen LogP contribution in [0.5, 0.6) is 0 Å². The van der Waals surface area contributed by atoms with Crippen molar-refractivity contribution in [2.24, 2.45) is 0 Å². The topological polar surface area (TPSA) is 64.1 Å². The fourth-order valence-electron chi connectivity index (χ4n) is 2.60. The van der Waals surface area contributed by atoms with Gasteiger partial charge in [0.1, 0.15) is 5.56 Å². The molecular weight excluding hydrogens is 350 g/mol. The van der Waals surface area contributed by atoms with Crippen molar-refractivity contribution in [2.45, 2.75) is 33.8 Å². The molecule has 2 heterocycles. The molecule has 0 bridgehead atoms. The summed E-state index contributed by atoms with van der Waals surface area (Å²) in [7, 11) is 0. The molecular formula is C20H20ClN3O2. The van der Waals surface area contributed by atoms with Crippen LogP contribution in [0.15, 0.2) is 36.5 Å². The number of esters is 1. The fraction of sp³-hybridized carbons (Fsp3) is 0.250. The highest BCUT2D eigenvalue weighted by Gasteiger charge is 2.19. The molecule has 0 aliphatic rings. The van der Waals surface area contributed by atoms with Crippen LogP contribution in [0, 0.1) is 13.8 Å². The number of aromatic nitrogens is 2. The molecule has 0 radical (unpaired) electrons. The molecule has 6 heteroatoms. The maximum Gasteiger partial charge on any atom is 0.342 e. The number of carbonyl (C=O) groups excluding carboxylic acids is 1. The minimum absolute atomic E-state index is 0.231. The van der Waals surface area contributed by atoms with E-state index in [0.717, 1.165) is 16.6 Å². The van der Waals surface area contributed by atoms with Crippen LogP contribution < -0.4 is 5.32 Å². The number of hydrogen-bond donors (Lipinski definition) is 1. The summed E-state index contributed by atoms with van der Waals surface area (Å²) in [4.78, 5) is 21.3. The second kappa shape index (κ2) is 7.30. The Morgan fingerprint density at radius 1 is 1.19 bits per heavy atom. The van der Waals surface area contributed by atoms with Crippen LogP contribution in [0.1, 0.15) is 35.5 Å². The molecule has 0 unspecified atom stereocenters. The minimum Gasteiger partial charge on any atom is -0.459 e. The highest BCUT2D eigenvalue weighted by atomic mass is 35.5. The molecule has 0 spiro atoms. The zero-order valence-electron chi connectivity index (χ0n) is 15.1. The van der Waals surface area contributed by atoms with E-state index in [1.165, 1.54) is 6.20 Å². The summed E-state index contributed by atoms with van der Waals surface area (Å²) < 4.78 is 5.36. The molecule has 134 valence electrons. The molecule has 2 aromatic heterocycles. The van der Waals surface area contributed by atoms with Gasteiger partial charge in [-0.1, -0.05) is 17.7 Å².